The van der Waals surface area contributed by atoms with Crippen LogP contribution in [0, 0.1) is 6.92 Å². The van der Waals surface area contributed by atoms with Crippen molar-refractivity contribution in [2.75, 3.05) is 33.3 Å². The SMILES string of the molecule is Cc1ccc(OCC(O)CNCCN(C)C(C)C)c(Br)c1. The van der Waals surface area contributed by atoms with Crippen LogP contribution in [-0.4, -0.2) is 55.4 Å². The zero-order valence-electron chi connectivity index (χ0n) is 13.4. The van der Waals surface area contributed by atoms with E-state index in [0.717, 1.165) is 23.3 Å². The van der Waals surface area contributed by atoms with Gasteiger partial charge in [0.15, 0.2) is 0 Å². The van der Waals surface area contributed by atoms with Gasteiger partial charge in [-0.2, -0.15) is 0 Å². The molecular weight excluding hydrogens is 332 g/mol. The number of aliphatic hydroxyl groups excluding tert-OH is 1. The predicted octanol–water partition coefficient (Wildman–Crippen LogP) is 2.43. The number of likely N-dealkylation sites (N-methyl/N-ethyl adjacent to an activating group) is 1. The molecule has 0 fully saturated rings. The van der Waals surface area contributed by atoms with Crippen molar-refractivity contribution in [3.63, 3.8) is 0 Å². The summed E-state index contributed by atoms with van der Waals surface area (Å²) in [5, 5.41) is 13.2. The van der Waals surface area contributed by atoms with Crippen molar-refractivity contribution >= 4 is 15.9 Å². The quantitative estimate of drug-likeness (QED) is 0.665. The molecule has 1 aromatic carbocycles. The van der Waals surface area contributed by atoms with Crippen molar-refractivity contribution in [3.8, 4) is 5.75 Å². The molecule has 4 nitrogen and oxygen atoms in total. The lowest BCUT2D eigenvalue weighted by Crippen LogP contribution is -2.38. The number of ether oxygens (including phenoxy) is 1. The zero-order valence-corrected chi connectivity index (χ0v) is 15.0. The third-order valence-corrected chi connectivity index (χ3v) is 4.04. The van der Waals surface area contributed by atoms with Gasteiger partial charge in [0, 0.05) is 25.7 Å². The van der Waals surface area contributed by atoms with Crippen molar-refractivity contribution in [1.29, 1.82) is 0 Å². The molecule has 0 spiro atoms. The fraction of sp³-hybridized carbons (Fsp3) is 0.625. The Kier molecular flexibility index (Phi) is 8.26. The third kappa shape index (κ3) is 7.27. The topological polar surface area (TPSA) is 44.7 Å². The van der Waals surface area contributed by atoms with Crippen LogP contribution in [0.2, 0.25) is 0 Å². The molecule has 120 valence electrons. The van der Waals surface area contributed by atoms with Gasteiger partial charge in [0.2, 0.25) is 0 Å². The molecule has 0 saturated carbocycles. The van der Waals surface area contributed by atoms with E-state index >= 15 is 0 Å². The number of halogens is 1. The summed E-state index contributed by atoms with van der Waals surface area (Å²) in [5.74, 6) is 0.763. The van der Waals surface area contributed by atoms with Crippen molar-refractivity contribution in [2.24, 2.45) is 0 Å². The second kappa shape index (κ2) is 9.41. The molecule has 0 saturated heterocycles. The Hall–Kier alpha value is -0.620. The van der Waals surface area contributed by atoms with Gasteiger partial charge in [-0.15, -0.1) is 0 Å². The molecule has 1 atom stereocenters. The van der Waals surface area contributed by atoms with Crippen LogP contribution in [-0.2, 0) is 0 Å². The minimum atomic E-state index is -0.512. The molecule has 1 rings (SSSR count). The standard InChI is InChI=1S/C16H27BrN2O2/c1-12(2)19(4)8-7-18-10-14(20)11-21-16-6-5-13(3)9-15(16)17/h5-6,9,12,14,18,20H,7-8,10-11H2,1-4H3. The van der Waals surface area contributed by atoms with E-state index in [1.54, 1.807) is 0 Å². The Balaban J connectivity index is 2.20. The Bertz CT molecular complexity index is 427. The van der Waals surface area contributed by atoms with E-state index in [9.17, 15) is 5.11 Å². The minimum Gasteiger partial charge on any atom is -0.490 e. The van der Waals surface area contributed by atoms with Crippen molar-refractivity contribution in [3.05, 3.63) is 28.2 Å². The summed E-state index contributed by atoms with van der Waals surface area (Å²) >= 11 is 3.46. The first-order chi connectivity index (χ1) is 9.90. The average Bonchev–Trinajstić information content (AvgIpc) is 2.42. The smallest absolute Gasteiger partial charge is 0.133 e. The number of nitrogens with zero attached hydrogens (tertiary/aromatic N) is 1. The third-order valence-electron chi connectivity index (χ3n) is 3.42. The first-order valence-electron chi connectivity index (χ1n) is 7.38. The van der Waals surface area contributed by atoms with Crippen LogP contribution in [0.4, 0.5) is 0 Å². The summed E-state index contributed by atoms with van der Waals surface area (Å²) in [6, 6.07) is 6.45. The van der Waals surface area contributed by atoms with Gasteiger partial charge < -0.3 is 20.1 Å². The van der Waals surface area contributed by atoms with Crippen LogP contribution in [0.3, 0.4) is 0 Å². The first-order valence-corrected chi connectivity index (χ1v) is 8.17. The van der Waals surface area contributed by atoms with Gasteiger partial charge in [0.25, 0.3) is 0 Å². The Morgan fingerprint density at radius 3 is 2.71 bits per heavy atom. The van der Waals surface area contributed by atoms with Crippen molar-refractivity contribution < 1.29 is 9.84 Å². The fourth-order valence-electron chi connectivity index (χ4n) is 1.75. The second-order valence-corrected chi connectivity index (χ2v) is 6.53. The first kappa shape index (κ1) is 18.4. The van der Waals surface area contributed by atoms with Gasteiger partial charge in [-0.25, -0.2) is 0 Å². The van der Waals surface area contributed by atoms with Crippen LogP contribution < -0.4 is 10.1 Å². The molecule has 0 aliphatic carbocycles. The molecule has 5 heteroatoms. The molecule has 0 aliphatic heterocycles. The predicted molar refractivity (Wildman–Crippen MR) is 91.0 cm³/mol. The molecule has 2 N–H and O–H groups in total. The summed E-state index contributed by atoms with van der Waals surface area (Å²) in [6.07, 6.45) is -0.512. The molecule has 0 bridgehead atoms. The average molecular weight is 359 g/mol. The lowest BCUT2D eigenvalue weighted by molar-refractivity contribution is 0.105. The maximum absolute atomic E-state index is 9.91. The highest BCUT2D eigenvalue weighted by molar-refractivity contribution is 9.10. The van der Waals surface area contributed by atoms with Gasteiger partial charge in [-0.05, 0) is 61.4 Å². The largest absolute Gasteiger partial charge is 0.490 e. The maximum atomic E-state index is 9.91. The van der Waals surface area contributed by atoms with E-state index in [1.807, 2.05) is 25.1 Å². The molecular formula is C16H27BrN2O2. The monoisotopic (exact) mass is 358 g/mol. The lowest BCUT2D eigenvalue weighted by Gasteiger charge is -2.21. The van der Waals surface area contributed by atoms with E-state index < -0.39 is 6.10 Å². The molecule has 0 radical (unpaired) electrons. The summed E-state index contributed by atoms with van der Waals surface area (Å²) < 4.78 is 6.54. The molecule has 1 unspecified atom stereocenters. The number of aliphatic hydroxyl groups is 1. The number of hydrogen-bond donors (Lipinski definition) is 2. The van der Waals surface area contributed by atoms with E-state index in [1.165, 1.54) is 5.56 Å². The van der Waals surface area contributed by atoms with Gasteiger partial charge in [0.1, 0.15) is 18.5 Å². The van der Waals surface area contributed by atoms with Crippen LogP contribution in [0.5, 0.6) is 5.75 Å². The molecule has 0 amide bonds. The highest BCUT2D eigenvalue weighted by Gasteiger charge is 2.08. The van der Waals surface area contributed by atoms with Crippen molar-refractivity contribution in [2.45, 2.75) is 32.9 Å². The Labute approximate surface area is 136 Å². The van der Waals surface area contributed by atoms with E-state index in [2.05, 4.69) is 47.0 Å². The molecule has 0 heterocycles. The van der Waals surface area contributed by atoms with Crippen LogP contribution in [0.1, 0.15) is 19.4 Å². The van der Waals surface area contributed by atoms with Gasteiger partial charge in [-0.3, -0.25) is 0 Å². The van der Waals surface area contributed by atoms with E-state index in [0.29, 0.717) is 12.6 Å². The summed E-state index contributed by atoms with van der Waals surface area (Å²) in [5.41, 5.74) is 1.17. The lowest BCUT2D eigenvalue weighted by atomic mass is 10.2. The number of aryl methyl sites for hydroxylation is 1. The van der Waals surface area contributed by atoms with E-state index in [4.69, 9.17) is 4.74 Å². The van der Waals surface area contributed by atoms with Crippen molar-refractivity contribution in [1.82, 2.24) is 10.2 Å². The summed E-state index contributed by atoms with van der Waals surface area (Å²) in [7, 11) is 2.10. The number of benzene rings is 1. The Morgan fingerprint density at radius 2 is 2.10 bits per heavy atom. The second-order valence-electron chi connectivity index (χ2n) is 5.68. The maximum Gasteiger partial charge on any atom is 0.133 e. The number of rotatable bonds is 9. The fourth-order valence-corrected chi connectivity index (χ4v) is 2.36. The summed E-state index contributed by atoms with van der Waals surface area (Å²) in [6.45, 7) is 9.02. The molecule has 0 aromatic heterocycles. The Morgan fingerprint density at radius 1 is 1.38 bits per heavy atom. The molecule has 1 aromatic rings. The van der Waals surface area contributed by atoms with Crippen LogP contribution >= 0.6 is 15.9 Å². The highest BCUT2D eigenvalue weighted by atomic mass is 79.9. The minimum absolute atomic E-state index is 0.286. The normalized spacial score (nSPS) is 13.0. The zero-order chi connectivity index (χ0) is 15.8. The van der Waals surface area contributed by atoms with Gasteiger partial charge in [0.05, 0.1) is 4.47 Å². The van der Waals surface area contributed by atoms with Crippen LogP contribution in [0.15, 0.2) is 22.7 Å². The number of nitrogens with one attached hydrogen (secondary N) is 1. The van der Waals surface area contributed by atoms with E-state index in [-0.39, 0.29) is 6.61 Å². The highest BCUT2D eigenvalue weighted by Crippen LogP contribution is 2.25. The van der Waals surface area contributed by atoms with Gasteiger partial charge >= 0.3 is 0 Å². The van der Waals surface area contributed by atoms with Crippen LogP contribution in [0.25, 0.3) is 0 Å². The van der Waals surface area contributed by atoms with Gasteiger partial charge in [-0.1, -0.05) is 6.07 Å². The molecule has 21 heavy (non-hydrogen) atoms. The summed E-state index contributed by atoms with van der Waals surface area (Å²) in [4.78, 5) is 2.26. The molecule has 0 aliphatic rings. The number of hydrogen-bond acceptors (Lipinski definition) is 4.